The molecule has 0 aliphatic heterocycles. The summed E-state index contributed by atoms with van der Waals surface area (Å²) in [5, 5.41) is 11.7. The highest BCUT2D eigenvalue weighted by Crippen LogP contribution is 2.22. The first kappa shape index (κ1) is 17.9. The minimum atomic E-state index is 0. The lowest BCUT2D eigenvalue weighted by Gasteiger charge is -2.22. The maximum Gasteiger partial charge on any atom is 0.305 e. The van der Waals surface area contributed by atoms with Gasteiger partial charge in [-0.25, -0.2) is 9.13 Å². The van der Waals surface area contributed by atoms with Gasteiger partial charge in [0, 0.05) is 0 Å². The molecule has 5 nitrogen and oxygen atoms in total. The van der Waals surface area contributed by atoms with Gasteiger partial charge in [-0.3, -0.25) is 0 Å². The molecule has 1 atom stereocenters. The monoisotopic (exact) mass is 289 g/mol. The van der Waals surface area contributed by atoms with Gasteiger partial charge in [0.15, 0.2) is 12.9 Å². The zero-order valence-corrected chi connectivity index (χ0v) is 13.1. The SMILES string of the molecule is CC(CC(C)(C)C)OCn1cc[n+](C)c1/C=N\O.[Cl-]. The van der Waals surface area contributed by atoms with E-state index in [-0.39, 0.29) is 23.9 Å². The smallest absolute Gasteiger partial charge is 0.305 e. The number of aromatic nitrogens is 2. The summed E-state index contributed by atoms with van der Waals surface area (Å²) in [6, 6.07) is 0. The van der Waals surface area contributed by atoms with Gasteiger partial charge >= 0.3 is 5.82 Å². The van der Waals surface area contributed by atoms with Crippen LogP contribution in [0.3, 0.4) is 0 Å². The molecule has 0 radical (unpaired) electrons. The Morgan fingerprint density at radius 3 is 2.68 bits per heavy atom. The van der Waals surface area contributed by atoms with Gasteiger partial charge in [0.05, 0.1) is 13.2 Å². The lowest BCUT2D eigenvalue weighted by atomic mass is 9.90. The topological polar surface area (TPSA) is 50.6 Å². The summed E-state index contributed by atoms with van der Waals surface area (Å²) in [5.74, 6) is 0.792. The van der Waals surface area contributed by atoms with Crippen molar-refractivity contribution in [1.29, 1.82) is 0 Å². The molecule has 0 fully saturated rings. The van der Waals surface area contributed by atoms with Gasteiger partial charge in [0.25, 0.3) is 0 Å². The summed E-state index contributed by atoms with van der Waals surface area (Å²) < 4.78 is 9.58. The van der Waals surface area contributed by atoms with Gasteiger partial charge in [0.2, 0.25) is 0 Å². The fourth-order valence-electron chi connectivity index (χ4n) is 1.99. The molecule has 0 saturated carbocycles. The summed E-state index contributed by atoms with van der Waals surface area (Å²) in [6.45, 7) is 9.14. The summed E-state index contributed by atoms with van der Waals surface area (Å²) in [6.07, 6.45) is 6.40. The zero-order valence-electron chi connectivity index (χ0n) is 12.3. The normalized spacial score (nSPS) is 13.5. The molecule has 0 aliphatic carbocycles. The van der Waals surface area contributed by atoms with E-state index < -0.39 is 0 Å². The van der Waals surface area contributed by atoms with Gasteiger partial charge in [-0.2, -0.15) is 0 Å². The Labute approximate surface area is 121 Å². The van der Waals surface area contributed by atoms with E-state index in [1.165, 1.54) is 6.21 Å². The molecule has 0 amide bonds. The van der Waals surface area contributed by atoms with Crippen molar-refractivity contribution in [2.75, 3.05) is 0 Å². The minimum absolute atomic E-state index is 0. The molecule has 6 heteroatoms. The predicted octanol–water partition coefficient (Wildman–Crippen LogP) is -1.08. The van der Waals surface area contributed by atoms with Crippen LogP contribution < -0.4 is 17.0 Å². The number of oxime groups is 1. The van der Waals surface area contributed by atoms with Gasteiger partial charge < -0.3 is 22.4 Å². The van der Waals surface area contributed by atoms with Crippen LogP contribution in [0.4, 0.5) is 0 Å². The Bertz CT molecular complexity index is 411. The lowest BCUT2D eigenvalue weighted by molar-refractivity contribution is -0.672. The molecule has 0 bridgehead atoms. The fraction of sp³-hybridized carbons (Fsp3) is 0.692. The Morgan fingerprint density at radius 1 is 1.53 bits per heavy atom. The number of rotatable bonds is 5. The summed E-state index contributed by atoms with van der Waals surface area (Å²) in [5.41, 5.74) is 0.260. The molecule has 0 aliphatic rings. The van der Waals surface area contributed by atoms with Crippen molar-refractivity contribution in [3.63, 3.8) is 0 Å². The van der Waals surface area contributed by atoms with Crippen molar-refractivity contribution in [3.8, 4) is 0 Å². The molecule has 1 aromatic heterocycles. The highest BCUT2D eigenvalue weighted by Gasteiger charge is 2.18. The number of hydrogen-bond donors (Lipinski definition) is 1. The van der Waals surface area contributed by atoms with E-state index in [0.717, 1.165) is 12.2 Å². The Balaban J connectivity index is 0.00000324. The van der Waals surface area contributed by atoms with Crippen LogP contribution in [0.1, 0.15) is 39.9 Å². The van der Waals surface area contributed by atoms with E-state index in [1.807, 2.05) is 28.6 Å². The first-order valence-corrected chi connectivity index (χ1v) is 6.17. The third kappa shape index (κ3) is 6.07. The van der Waals surface area contributed by atoms with E-state index >= 15 is 0 Å². The zero-order chi connectivity index (χ0) is 13.8. The second-order valence-electron chi connectivity index (χ2n) is 5.85. The number of hydrogen-bond acceptors (Lipinski definition) is 3. The minimum Gasteiger partial charge on any atom is -1.00 e. The van der Waals surface area contributed by atoms with Crippen LogP contribution in [0.5, 0.6) is 0 Å². The van der Waals surface area contributed by atoms with Gasteiger partial charge in [0.1, 0.15) is 12.4 Å². The third-order valence-corrected chi connectivity index (χ3v) is 2.70. The molecule has 110 valence electrons. The fourth-order valence-corrected chi connectivity index (χ4v) is 1.99. The Hall–Kier alpha value is -1.07. The van der Waals surface area contributed by atoms with Crippen LogP contribution in [-0.4, -0.2) is 22.1 Å². The van der Waals surface area contributed by atoms with Crippen molar-refractivity contribution in [1.82, 2.24) is 4.57 Å². The van der Waals surface area contributed by atoms with Crippen LogP contribution in [0.15, 0.2) is 17.5 Å². The molecule has 1 aromatic rings. The van der Waals surface area contributed by atoms with Gasteiger partial charge in [-0.05, 0) is 18.8 Å². The second-order valence-corrected chi connectivity index (χ2v) is 5.85. The summed E-state index contributed by atoms with van der Waals surface area (Å²) >= 11 is 0. The first-order valence-electron chi connectivity index (χ1n) is 6.17. The molecule has 19 heavy (non-hydrogen) atoms. The number of aryl methyl sites for hydroxylation is 1. The predicted molar refractivity (Wildman–Crippen MR) is 69.6 cm³/mol. The average Bonchev–Trinajstić information content (AvgIpc) is 2.56. The molecule has 1 N–H and O–H groups in total. The molecule has 0 spiro atoms. The van der Waals surface area contributed by atoms with Crippen LogP contribution in [-0.2, 0) is 18.5 Å². The molecule has 1 heterocycles. The summed E-state index contributed by atoms with van der Waals surface area (Å²) in [4.78, 5) is 0. The van der Waals surface area contributed by atoms with E-state index in [4.69, 9.17) is 9.94 Å². The van der Waals surface area contributed by atoms with Crippen LogP contribution >= 0.6 is 0 Å². The van der Waals surface area contributed by atoms with Crippen molar-refractivity contribution >= 4 is 6.21 Å². The molecule has 1 rings (SSSR count). The third-order valence-electron chi connectivity index (χ3n) is 2.70. The standard InChI is InChI=1S/C13H23N3O2.ClH/c1-11(8-13(2,3)4)18-10-16-7-6-15(5)12(16)9-14-17;/h6-7,9,11H,8,10H2,1-5H3;1H. The number of imidazole rings is 1. The molecule has 1 unspecified atom stereocenters. The second kappa shape index (κ2) is 7.50. The van der Waals surface area contributed by atoms with Gasteiger partial charge in [-0.1, -0.05) is 25.9 Å². The van der Waals surface area contributed by atoms with E-state index in [9.17, 15) is 0 Å². The Kier molecular flexibility index (Phi) is 7.08. The quantitative estimate of drug-likeness (QED) is 0.325. The molecule has 0 aromatic carbocycles. The van der Waals surface area contributed by atoms with Crippen molar-refractivity contribution in [2.24, 2.45) is 17.6 Å². The number of halogens is 1. The van der Waals surface area contributed by atoms with Crippen LogP contribution in [0.25, 0.3) is 0 Å². The Morgan fingerprint density at radius 2 is 2.16 bits per heavy atom. The van der Waals surface area contributed by atoms with Crippen LogP contribution in [0.2, 0.25) is 0 Å². The number of ether oxygens (including phenoxy) is 1. The van der Waals surface area contributed by atoms with E-state index in [0.29, 0.717) is 6.73 Å². The van der Waals surface area contributed by atoms with Crippen molar-refractivity contribution in [3.05, 3.63) is 18.2 Å². The lowest BCUT2D eigenvalue weighted by Crippen LogP contribution is -3.00. The van der Waals surface area contributed by atoms with E-state index in [1.54, 1.807) is 0 Å². The van der Waals surface area contributed by atoms with Crippen LogP contribution in [0, 0.1) is 5.41 Å². The van der Waals surface area contributed by atoms with Crippen molar-refractivity contribution < 1.29 is 26.9 Å². The van der Waals surface area contributed by atoms with E-state index in [2.05, 4.69) is 32.9 Å². The largest absolute Gasteiger partial charge is 1.00 e. The maximum atomic E-state index is 8.62. The van der Waals surface area contributed by atoms with Crippen molar-refractivity contribution in [2.45, 2.75) is 47.0 Å². The molecular weight excluding hydrogens is 266 g/mol. The first-order chi connectivity index (χ1) is 8.33. The summed E-state index contributed by atoms with van der Waals surface area (Å²) in [7, 11) is 1.89. The molecular formula is C13H24ClN3O2. The maximum absolute atomic E-state index is 8.62. The molecule has 0 saturated heterocycles. The average molecular weight is 290 g/mol. The number of nitrogens with zero attached hydrogens (tertiary/aromatic N) is 3. The highest BCUT2D eigenvalue weighted by molar-refractivity contribution is 5.72. The highest BCUT2D eigenvalue weighted by atomic mass is 35.5. The van der Waals surface area contributed by atoms with Gasteiger partial charge in [-0.15, -0.1) is 0 Å².